The number of urea groups is 1. The van der Waals surface area contributed by atoms with Gasteiger partial charge < -0.3 is 14.8 Å². The Morgan fingerprint density at radius 3 is 2.96 bits per heavy atom. The molecule has 3 heterocycles. The van der Waals surface area contributed by atoms with Crippen LogP contribution in [0.4, 0.5) is 4.79 Å². The molecule has 1 aliphatic rings. The minimum atomic E-state index is -0.00312. The summed E-state index contributed by atoms with van der Waals surface area (Å²) >= 11 is 0. The van der Waals surface area contributed by atoms with Crippen LogP contribution in [0.2, 0.25) is 0 Å². The Kier molecular flexibility index (Phi) is 4.14. The Morgan fingerprint density at radius 2 is 2.12 bits per heavy atom. The van der Waals surface area contributed by atoms with Crippen molar-refractivity contribution in [3.63, 3.8) is 0 Å². The van der Waals surface area contributed by atoms with Gasteiger partial charge in [-0.25, -0.2) is 4.79 Å². The van der Waals surface area contributed by atoms with Gasteiger partial charge in [-0.1, -0.05) is 24.3 Å². The Balaban J connectivity index is 1.49. The number of para-hydroxylation sites is 1. The number of rotatable bonds is 3. The molecule has 1 saturated heterocycles. The fraction of sp³-hybridized carbons (Fsp3) is 0.300. The highest BCUT2D eigenvalue weighted by atomic mass is 16.2. The molecule has 0 saturated carbocycles. The van der Waals surface area contributed by atoms with Crippen LogP contribution in [0.3, 0.4) is 0 Å². The number of hydrogen-bond acceptors (Lipinski definition) is 2. The van der Waals surface area contributed by atoms with E-state index in [2.05, 4.69) is 20.9 Å². The molecule has 1 fully saturated rings. The van der Waals surface area contributed by atoms with Gasteiger partial charge in [0.25, 0.3) is 0 Å². The number of hydrogen-bond donors (Lipinski definition) is 1. The first-order valence-corrected chi connectivity index (χ1v) is 8.72. The molecule has 0 radical (unpaired) electrons. The highest BCUT2D eigenvalue weighted by molar-refractivity contribution is 5.82. The second-order valence-corrected chi connectivity index (χ2v) is 6.55. The van der Waals surface area contributed by atoms with Crippen LogP contribution in [0.5, 0.6) is 0 Å². The number of carbonyl (C=O) groups is 1. The Morgan fingerprint density at radius 1 is 1.24 bits per heavy atom. The van der Waals surface area contributed by atoms with Crippen LogP contribution in [-0.2, 0) is 13.6 Å². The Hall–Kier alpha value is -2.82. The van der Waals surface area contributed by atoms with Crippen LogP contribution in [-0.4, -0.2) is 27.0 Å². The van der Waals surface area contributed by atoms with E-state index in [1.54, 1.807) is 6.20 Å². The molecule has 3 aromatic rings. The fourth-order valence-corrected chi connectivity index (χ4v) is 3.72. The number of aryl methyl sites for hydroxylation is 1. The molecule has 1 N–H and O–H groups in total. The van der Waals surface area contributed by atoms with Crippen molar-refractivity contribution < 1.29 is 4.79 Å². The summed E-state index contributed by atoms with van der Waals surface area (Å²) in [5.41, 5.74) is 3.19. The molecular weight excluding hydrogens is 312 g/mol. The van der Waals surface area contributed by atoms with Gasteiger partial charge in [0.15, 0.2) is 0 Å². The average Bonchev–Trinajstić information content (AvgIpc) is 3.28. The van der Waals surface area contributed by atoms with Gasteiger partial charge in [0, 0.05) is 43.6 Å². The van der Waals surface area contributed by atoms with Gasteiger partial charge in [0.2, 0.25) is 0 Å². The van der Waals surface area contributed by atoms with Crippen LogP contribution < -0.4 is 5.32 Å². The average molecular weight is 334 g/mol. The molecule has 5 nitrogen and oxygen atoms in total. The summed E-state index contributed by atoms with van der Waals surface area (Å²) in [5, 5.41) is 4.18. The fourth-order valence-electron chi connectivity index (χ4n) is 3.72. The minimum Gasteiger partial charge on any atom is -0.353 e. The molecule has 2 amide bonds. The number of aromatic nitrogens is 2. The van der Waals surface area contributed by atoms with E-state index < -0.39 is 0 Å². The standard InChI is InChI=1S/C20H22N4O/c1-23-12-4-9-17(23)18-10-5-13-24(18)20(25)22-14-16-7-2-6-15-8-3-11-21-19(15)16/h2-4,6-9,11-12,18H,5,10,13-14H2,1H3,(H,22,25). The van der Waals surface area contributed by atoms with E-state index in [1.165, 1.54) is 5.69 Å². The Labute approximate surface area is 147 Å². The number of amides is 2. The topological polar surface area (TPSA) is 50.2 Å². The van der Waals surface area contributed by atoms with Crippen molar-refractivity contribution in [2.45, 2.75) is 25.4 Å². The van der Waals surface area contributed by atoms with Gasteiger partial charge in [-0.3, -0.25) is 4.98 Å². The van der Waals surface area contributed by atoms with E-state index in [4.69, 9.17) is 0 Å². The molecular formula is C20H22N4O. The SMILES string of the molecule is Cn1cccc1C1CCCN1C(=O)NCc1cccc2cccnc12. The van der Waals surface area contributed by atoms with Gasteiger partial charge >= 0.3 is 6.03 Å². The number of carbonyl (C=O) groups excluding carboxylic acids is 1. The van der Waals surface area contributed by atoms with Crippen LogP contribution >= 0.6 is 0 Å². The van der Waals surface area contributed by atoms with Crippen LogP contribution in [0, 0.1) is 0 Å². The van der Waals surface area contributed by atoms with Crippen molar-refractivity contribution in [3.8, 4) is 0 Å². The van der Waals surface area contributed by atoms with Crippen molar-refractivity contribution in [2.24, 2.45) is 7.05 Å². The zero-order chi connectivity index (χ0) is 17.2. The lowest BCUT2D eigenvalue weighted by Crippen LogP contribution is -2.39. The number of pyridine rings is 1. The molecule has 5 heteroatoms. The van der Waals surface area contributed by atoms with Gasteiger partial charge in [-0.05, 0) is 36.6 Å². The lowest BCUT2D eigenvalue weighted by atomic mass is 10.1. The third-order valence-corrected chi connectivity index (χ3v) is 4.99. The first-order valence-electron chi connectivity index (χ1n) is 8.72. The first-order chi connectivity index (χ1) is 12.2. The lowest BCUT2D eigenvalue weighted by Gasteiger charge is -2.25. The number of nitrogens with one attached hydrogen (secondary N) is 1. The van der Waals surface area contributed by atoms with Gasteiger partial charge in [-0.2, -0.15) is 0 Å². The van der Waals surface area contributed by atoms with Crippen LogP contribution in [0.1, 0.15) is 30.1 Å². The number of likely N-dealkylation sites (tertiary alicyclic amines) is 1. The smallest absolute Gasteiger partial charge is 0.318 e. The minimum absolute atomic E-state index is 0.00312. The van der Waals surface area contributed by atoms with E-state index >= 15 is 0 Å². The van der Waals surface area contributed by atoms with Gasteiger partial charge in [0.1, 0.15) is 0 Å². The molecule has 2 aromatic heterocycles. The molecule has 0 bridgehead atoms. The predicted octanol–water partition coefficient (Wildman–Crippen LogP) is 3.62. The molecule has 0 aliphatic carbocycles. The quantitative estimate of drug-likeness (QED) is 0.795. The van der Waals surface area contributed by atoms with Gasteiger partial charge in [0.05, 0.1) is 11.6 Å². The van der Waals surface area contributed by atoms with E-state index in [0.717, 1.165) is 35.9 Å². The third-order valence-electron chi connectivity index (χ3n) is 4.99. The Bertz CT molecular complexity index is 896. The summed E-state index contributed by atoms with van der Waals surface area (Å²) in [5.74, 6) is 0. The third kappa shape index (κ3) is 2.97. The van der Waals surface area contributed by atoms with Gasteiger partial charge in [-0.15, -0.1) is 0 Å². The van der Waals surface area contributed by atoms with E-state index in [1.807, 2.05) is 54.5 Å². The normalized spacial score (nSPS) is 17.2. The summed E-state index contributed by atoms with van der Waals surface area (Å²) in [6.45, 7) is 1.29. The molecule has 1 aliphatic heterocycles. The molecule has 128 valence electrons. The zero-order valence-corrected chi connectivity index (χ0v) is 14.4. The van der Waals surface area contributed by atoms with Crippen LogP contribution in [0.25, 0.3) is 10.9 Å². The summed E-state index contributed by atoms with van der Waals surface area (Å²) in [7, 11) is 2.03. The molecule has 1 aromatic carbocycles. The maximum Gasteiger partial charge on any atom is 0.318 e. The molecule has 25 heavy (non-hydrogen) atoms. The summed E-state index contributed by atoms with van der Waals surface area (Å²) in [4.78, 5) is 19.2. The highest BCUT2D eigenvalue weighted by Gasteiger charge is 2.31. The van der Waals surface area contributed by atoms with Crippen molar-refractivity contribution in [3.05, 3.63) is 66.1 Å². The largest absolute Gasteiger partial charge is 0.353 e. The molecule has 4 rings (SSSR count). The van der Waals surface area contributed by atoms with Crippen molar-refractivity contribution in [1.29, 1.82) is 0 Å². The van der Waals surface area contributed by atoms with E-state index in [9.17, 15) is 4.79 Å². The summed E-state index contributed by atoms with van der Waals surface area (Å²) in [6, 6.07) is 14.3. The predicted molar refractivity (Wildman–Crippen MR) is 98.1 cm³/mol. The highest BCUT2D eigenvalue weighted by Crippen LogP contribution is 2.31. The number of benzene rings is 1. The number of nitrogens with zero attached hydrogens (tertiary/aromatic N) is 3. The summed E-state index contributed by atoms with van der Waals surface area (Å²) in [6.07, 6.45) is 5.88. The van der Waals surface area contributed by atoms with Crippen molar-refractivity contribution in [2.75, 3.05) is 6.54 Å². The molecule has 0 spiro atoms. The molecule has 1 unspecified atom stereocenters. The molecule has 1 atom stereocenters. The van der Waals surface area contributed by atoms with Crippen molar-refractivity contribution >= 4 is 16.9 Å². The first kappa shape index (κ1) is 15.7. The maximum atomic E-state index is 12.8. The monoisotopic (exact) mass is 334 g/mol. The zero-order valence-electron chi connectivity index (χ0n) is 14.4. The number of fused-ring (bicyclic) bond motifs is 1. The van der Waals surface area contributed by atoms with Crippen LogP contribution in [0.15, 0.2) is 54.9 Å². The van der Waals surface area contributed by atoms with E-state index in [-0.39, 0.29) is 12.1 Å². The van der Waals surface area contributed by atoms with E-state index in [0.29, 0.717) is 6.54 Å². The second kappa shape index (κ2) is 6.59. The summed E-state index contributed by atoms with van der Waals surface area (Å²) < 4.78 is 2.10. The van der Waals surface area contributed by atoms with Crippen molar-refractivity contribution in [1.82, 2.24) is 19.8 Å². The second-order valence-electron chi connectivity index (χ2n) is 6.55. The maximum absolute atomic E-state index is 12.8. The lowest BCUT2D eigenvalue weighted by molar-refractivity contribution is 0.191.